The number of thiazole rings is 1. The van der Waals surface area contributed by atoms with Crippen LogP contribution in [-0.2, 0) is 17.8 Å². The highest BCUT2D eigenvalue weighted by Crippen LogP contribution is 2.32. The molecule has 0 unspecified atom stereocenters. The number of hydrogen-bond acceptors (Lipinski definition) is 5. The van der Waals surface area contributed by atoms with Crippen molar-refractivity contribution in [3.63, 3.8) is 0 Å². The normalized spacial score (nSPS) is 10.8. The van der Waals surface area contributed by atoms with Gasteiger partial charge in [0.25, 0.3) is 0 Å². The number of fused-ring (bicyclic) bond motifs is 1. The first kappa shape index (κ1) is 19.1. The van der Waals surface area contributed by atoms with Crippen molar-refractivity contribution in [3.8, 4) is 5.75 Å². The summed E-state index contributed by atoms with van der Waals surface area (Å²) in [6.07, 6.45) is 3.83. The first-order valence-electron chi connectivity index (χ1n) is 9.49. The molecule has 2 heterocycles. The van der Waals surface area contributed by atoms with Gasteiger partial charge in [-0.25, -0.2) is 4.98 Å². The summed E-state index contributed by atoms with van der Waals surface area (Å²) in [7, 11) is 0. The standard InChI is InChI=1S/C23H21N3O2S/c1-2-28-19-10-11-20-21(14-19)29-23(25-20)26(16-18-9-6-12-24-15-18)22(27)13-17-7-4-3-5-8-17/h3-12,14-15H,2,13,16H2,1H3. The minimum absolute atomic E-state index is 0.00383. The van der Waals surface area contributed by atoms with Crippen LogP contribution in [0.2, 0.25) is 0 Å². The molecule has 4 aromatic rings. The average Bonchev–Trinajstić information content (AvgIpc) is 3.16. The van der Waals surface area contributed by atoms with E-state index in [4.69, 9.17) is 9.72 Å². The van der Waals surface area contributed by atoms with Crippen LogP contribution >= 0.6 is 11.3 Å². The number of ether oxygens (including phenoxy) is 1. The van der Waals surface area contributed by atoms with E-state index in [-0.39, 0.29) is 5.91 Å². The summed E-state index contributed by atoms with van der Waals surface area (Å²) in [5, 5.41) is 0.679. The molecule has 0 bridgehead atoms. The molecule has 0 aliphatic heterocycles. The predicted molar refractivity (Wildman–Crippen MR) is 116 cm³/mol. The highest BCUT2D eigenvalue weighted by Gasteiger charge is 2.21. The summed E-state index contributed by atoms with van der Waals surface area (Å²) in [4.78, 5) is 23.9. The van der Waals surface area contributed by atoms with E-state index in [1.165, 1.54) is 11.3 Å². The van der Waals surface area contributed by atoms with Crippen LogP contribution in [-0.4, -0.2) is 22.5 Å². The van der Waals surface area contributed by atoms with Crippen LogP contribution in [0, 0.1) is 0 Å². The van der Waals surface area contributed by atoms with Gasteiger partial charge in [-0.1, -0.05) is 47.7 Å². The maximum absolute atomic E-state index is 13.2. The van der Waals surface area contributed by atoms with Gasteiger partial charge >= 0.3 is 0 Å². The smallest absolute Gasteiger partial charge is 0.233 e. The number of nitrogens with zero attached hydrogens (tertiary/aromatic N) is 3. The molecule has 5 nitrogen and oxygen atoms in total. The number of hydrogen-bond donors (Lipinski definition) is 0. The van der Waals surface area contributed by atoms with Gasteiger partial charge in [-0.05, 0) is 42.3 Å². The maximum Gasteiger partial charge on any atom is 0.233 e. The van der Waals surface area contributed by atoms with Gasteiger partial charge in [0.15, 0.2) is 5.13 Å². The molecule has 0 atom stereocenters. The molecule has 4 rings (SSSR count). The van der Waals surface area contributed by atoms with E-state index >= 15 is 0 Å². The number of rotatable bonds is 7. The van der Waals surface area contributed by atoms with Crippen LogP contribution in [0.25, 0.3) is 10.2 Å². The molecule has 1 amide bonds. The third-order valence-corrected chi connectivity index (χ3v) is 5.49. The molecule has 2 aromatic carbocycles. The fourth-order valence-electron chi connectivity index (χ4n) is 3.07. The molecule has 0 saturated heterocycles. The van der Waals surface area contributed by atoms with Crippen LogP contribution in [0.15, 0.2) is 73.1 Å². The molecular formula is C23H21N3O2S. The van der Waals surface area contributed by atoms with E-state index in [9.17, 15) is 4.79 Å². The zero-order valence-corrected chi connectivity index (χ0v) is 16.9. The number of carbonyl (C=O) groups excluding carboxylic acids is 1. The molecular weight excluding hydrogens is 382 g/mol. The maximum atomic E-state index is 13.2. The van der Waals surface area contributed by atoms with E-state index in [0.717, 1.165) is 27.1 Å². The Bertz CT molecular complexity index is 1100. The van der Waals surface area contributed by atoms with Crippen molar-refractivity contribution in [2.45, 2.75) is 19.9 Å². The third-order valence-electron chi connectivity index (χ3n) is 4.45. The van der Waals surface area contributed by atoms with Crippen LogP contribution in [0.1, 0.15) is 18.1 Å². The Balaban J connectivity index is 1.67. The molecule has 6 heteroatoms. The van der Waals surface area contributed by atoms with Gasteiger partial charge in [-0.3, -0.25) is 14.7 Å². The first-order chi connectivity index (χ1) is 14.2. The molecule has 0 fully saturated rings. The second-order valence-corrected chi connectivity index (χ2v) is 7.57. The minimum Gasteiger partial charge on any atom is -0.494 e. The molecule has 0 spiro atoms. The molecule has 0 aliphatic carbocycles. The number of pyridine rings is 1. The van der Waals surface area contributed by atoms with Gasteiger partial charge < -0.3 is 4.74 Å². The number of anilines is 1. The Kier molecular flexibility index (Phi) is 5.81. The number of aromatic nitrogens is 2. The zero-order chi connectivity index (χ0) is 20.1. The summed E-state index contributed by atoms with van der Waals surface area (Å²) in [6.45, 7) is 3.00. The fraction of sp³-hybridized carbons (Fsp3) is 0.174. The van der Waals surface area contributed by atoms with Gasteiger partial charge in [0.2, 0.25) is 5.91 Å². The van der Waals surface area contributed by atoms with E-state index in [0.29, 0.717) is 24.7 Å². The molecule has 146 valence electrons. The summed E-state index contributed by atoms with van der Waals surface area (Å²) in [6, 6.07) is 19.4. The topological polar surface area (TPSA) is 55.3 Å². The zero-order valence-electron chi connectivity index (χ0n) is 16.1. The van der Waals surface area contributed by atoms with Crippen molar-refractivity contribution in [2.75, 3.05) is 11.5 Å². The first-order valence-corrected chi connectivity index (χ1v) is 10.3. The minimum atomic E-state index is 0.00383. The lowest BCUT2D eigenvalue weighted by molar-refractivity contribution is -0.118. The van der Waals surface area contributed by atoms with Crippen LogP contribution in [0.4, 0.5) is 5.13 Å². The van der Waals surface area contributed by atoms with Crippen LogP contribution in [0.5, 0.6) is 5.75 Å². The van der Waals surface area contributed by atoms with Crippen molar-refractivity contribution in [3.05, 3.63) is 84.2 Å². The van der Waals surface area contributed by atoms with Crippen molar-refractivity contribution in [1.29, 1.82) is 0 Å². The lowest BCUT2D eigenvalue weighted by Crippen LogP contribution is -2.31. The van der Waals surface area contributed by atoms with Gasteiger partial charge in [-0.2, -0.15) is 0 Å². The van der Waals surface area contributed by atoms with Crippen LogP contribution in [0.3, 0.4) is 0 Å². The largest absolute Gasteiger partial charge is 0.494 e. The van der Waals surface area contributed by atoms with Crippen molar-refractivity contribution >= 4 is 32.6 Å². The Morgan fingerprint density at radius 2 is 1.90 bits per heavy atom. The lowest BCUT2D eigenvalue weighted by atomic mass is 10.1. The van der Waals surface area contributed by atoms with E-state index in [2.05, 4.69) is 4.98 Å². The highest BCUT2D eigenvalue weighted by atomic mass is 32.1. The van der Waals surface area contributed by atoms with Gasteiger partial charge in [0.1, 0.15) is 5.75 Å². The number of benzene rings is 2. The quantitative estimate of drug-likeness (QED) is 0.442. The highest BCUT2D eigenvalue weighted by molar-refractivity contribution is 7.22. The molecule has 0 saturated carbocycles. The number of amides is 1. The predicted octanol–water partition coefficient (Wildman–Crippen LogP) is 4.87. The van der Waals surface area contributed by atoms with Gasteiger partial charge in [0, 0.05) is 12.4 Å². The molecule has 2 aromatic heterocycles. The van der Waals surface area contributed by atoms with E-state index < -0.39 is 0 Å². The summed E-state index contributed by atoms with van der Waals surface area (Å²) in [5.41, 5.74) is 2.80. The summed E-state index contributed by atoms with van der Waals surface area (Å²) >= 11 is 1.50. The van der Waals surface area contributed by atoms with E-state index in [1.54, 1.807) is 17.3 Å². The van der Waals surface area contributed by atoms with Crippen LogP contribution < -0.4 is 9.64 Å². The SMILES string of the molecule is CCOc1ccc2nc(N(Cc3cccnc3)C(=O)Cc3ccccc3)sc2c1. The summed E-state index contributed by atoms with van der Waals surface area (Å²) in [5.74, 6) is 0.814. The summed E-state index contributed by atoms with van der Waals surface area (Å²) < 4.78 is 6.59. The second kappa shape index (κ2) is 8.84. The number of carbonyl (C=O) groups is 1. The van der Waals surface area contributed by atoms with Gasteiger partial charge in [0.05, 0.1) is 29.8 Å². The van der Waals surface area contributed by atoms with Crippen molar-refractivity contribution in [1.82, 2.24) is 9.97 Å². The Morgan fingerprint density at radius 1 is 1.07 bits per heavy atom. The average molecular weight is 404 g/mol. The Labute approximate surface area is 173 Å². The van der Waals surface area contributed by atoms with Crippen molar-refractivity contribution in [2.24, 2.45) is 0 Å². The molecule has 29 heavy (non-hydrogen) atoms. The monoisotopic (exact) mass is 403 g/mol. The Hall–Kier alpha value is -3.25. The lowest BCUT2D eigenvalue weighted by Gasteiger charge is -2.20. The van der Waals surface area contributed by atoms with E-state index in [1.807, 2.05) is 67.6 Å². The van der Waals surface area contributed by atoms with Crippen molar-refractivity contribution < 1.29 is 9.53 Å². The Morgan fingerprint density at radius 3 is 2.66 bits per heavy atom. The fourth-order valence-corrected chi connectivity index (χ4v) is 4.08. The van der Waals surface area contributed by atoms with Gasteiger partial charge in [-0.15, -0.1) is 0 Å². The second-order valence-electron chi connectivity index (χ2n) is 6.56. The molecule has 0 N–H and O–H groups in total. The molecule has 0 radical (unpaired) electrons. The third kappa shape index (κ3) is 4.60. The molecule has 0 aliphatic rings.